The highest BCUT2D eigenvalue weighted by molar-refractivity contribution is 6.12. The van der Waals surface area contributed by atoms with E-state index in [4.69, 9.17) is 0 Å². The third kappa shape index (κ3) is 6.87. The number of hydrogen-bond acceptors (Lipinski definition) is 1. The van der Waals surface area contributed by atoms with Gasteiger partial charge in [0, 0.05) is 16.8 Å². The van der Waals surface area contributed by atoms with Crippen LogP contribution in [0.3, 0.4) is 0 Å². The minimum Gasteiger partial charge on any atom is -0.309 e. The topological polar surface area (TPSA) is 3.24 Å². The summed E-state index contributed by atoms with van der Waals surface area (Å²) in [6.45, 7) is 0. The van der Waals surface area contributed by atoms with Gasteiger partial charge in [0.15, 0.2) is 0 Å². The van der Waals surface area contributed by atoms with Gasteiger partial charge in [0.2, 0.25) is 0 Å². The van der Waals surface area contributed by atoms with Crippen molar-refractivity contribution in [3.05, 3.63) is 224 Å². The number of para-hydroxylation sites is 2. The molecule has 11 rings (SSSR count). The highest BCUT2D eigenvalue weighted by Gasteiger charge is 2.24. The number of anilines is 3. The molecule has 10 aromatic rings. The summed E-state index contributed by atoms with van der Waals surface area (Å²) in [6.07, 6.45) is 6.47. The quantitative estimate of drug-likeness (QED) is 0.139. The summed E-state index contributed by atoms with van der Waals surface area (Å²) < 4.78 is 0. The summed E-state index contributed by atoms with van der Waals surface area (Å²) in [7, 11) is 0. The van der Waals surface area contributed by atoms with Crippen molar-refractivity contribution in [3.63, 3.8) is 0 Å². The first kappa shape index (κ1) is 36.8. The van der Waals surface area contributed by atoms with Crippen LogP contribution in [0.25, 0.3) is 76.8 Å². The smallest absolute Gasteiger partial charge is 0.0540 e. The number of nitrogens with zero attached hydrogens (tertiary/aromatic N) is 1. The zero-order chi connectivity index (χ0) is 40.5. The Morgan fingerprint density at radius 1 is 0.328 bits per heavy atom. The fourth-order valence-corrected chi connectivity index (χ4v) is 10.1. The zero-order valence-corrected chi connectivity index (χ0v) is 34.3. The Morgan fingerprint density at radius 3 is 1.74 bits per heavy atom. The van der Waals surface area contributed by atoms with Gasteiger partial charge in [0.05, 0.1) is 11.4 Å². The molecule has 10 aromatic carbocycles. The maximum Gasteiger partial charge on any atom is 0.0540 e. The highest BCUT2D eigenvalue weighted by atomic mass is 15.1. The summed E-state index contributed by atoms with van der Waals surface area (Å²) in [5.41, 5.74) is 14.6. The molecule has 1 fully saturated rings. The van der Waals surface area contributed by atoms with Crippen LogP contribution < -0.4 is 4.90 Å². The first-order chi connectivity index (χ1) is 30.3. The average Bonchev–Trinajstić information content (AvgIpc) is 3.34. The Kier molecular flexibility index (Phi) is 9.71. The summed E-state index contributed by atoms with van der Waals surface area (Å²) in [5, 5.41) is 7.78. The van der Waals surface area contributed by atoms with E-state index in [-0.39, 0.29) is 0 Å². The lowest BCUT2D eigenvalue weighted by atomic mass is 9.80. The van der Waals surface area contributed by atoms with E-state index >= 15 is 0 Å². The molecular formula is C60H47N. The third-order valence-corrected chi connectivity index (χ3v) is 13.1. The maximum atomic E-state index is 2.52. The van der Waals surface area contributed by atoms with Crippen molar-refractivity contribution in [1.29, 1.82) is 0 Å². The van der Waals surface area contributed by atoms with Crippen LogP contribution in [-0.4, -0.2) is 0 Å². The second-order valence-corrected chi connectivity index (χ2v) is 16.6. The van der Waals surface area contributed by atoms with Crippen molar-refractivity contribution in [2.24, 2.45) is 0 Å². The Hall–Kier alpha value is -7.22. The fourth-order valence-electron chi connectivity index (χ4n) is 10.1. The van der Waals surface area contributed by atoms with Gasteiger partial charge in [-0.3, -0.25) is 0 Å². The number of rotatable bonds is 8. The molecule has 0 saturated heterocycles. The lowest BCUT2D eigenvalue weighted by molar-refractivity contribution is 0.445. The summed E-state index contributed by atoms with van der Waals surface area (Å²) in [4.78, 5) is 2.52. The minimum atomic E-state index is 0.580. The molecule has 0 heterocycles. The standard InChI is InChI=1S/C60H47N/c1-3-17-42(18-4-1)43-35-37-46(38-36-43)52-27-9-11-33-58(52)61(49-25-13-24-48(41-49)51-29-16-31-54-50-26-8-7-21-45(50)39-40-55(51)54)59-34-12-10-28-56(59)57-32-15-23-47-22-14-30-53(60(47)57)44-19-5-2-6-20-44/h1,3-4,7-18,21-41,44H,2,5-6,19-20H2. The van der Waals surface area contributed by atoms with E-state index in [0.29, 0.717) is 5.92 Å². The van der Waals surface area contributed by atoms with E-state index < -0.39 is 0 Å². The molecule has 1 aliphatic rings. The molecule has 0 aliphatic heterocycles. The number of benzene rings is 10. The number of fused-ring (bicyclic) bond motifs is 4. The molecule has 0 atom stereocenters. The fraction of sp³-hybridized carbons (Fsp3) is 0.100. The van der Waals surface area contributed by atoms with E-state index in [9.17, 15) is 0 Å². The molecular weight excluding hydrogens is 735 g/mol. The molecule has 1 heteroatoms. The van der Waals surface area contributed by atoms with Crippen molar-refractivity contribution in [2.45, 2.75) is 38.0 Å². The van der Waals surface area contributed by atoms with E-state index in [2.05, 4.69) is 223 Å². The van der Waals surface area contributed by atoms with Gasteiger partial charge in [0.1, 0.15) is 0 Å². The van der Waals surface area contributed by atoms with Crippen molar-refractivity contribution in [3.8, 4) is 44.5 Å². The Morgan fingerprint density at radius 2 is 0.902 bits per heavy atom. The van der Waals surface area contributed by atoms with Gasteiger partial charge < -0.3 is 4.90 Å². The minimum absolute atomic E-state index is 0.580. The van der Waals surface area contributed by atoms with Crippen LogP contribution in [0.4, 0.5) is 17.1 Å². The van der Waals surface area contributed by atoms with E-state index in [1.165, 1.54) is 114 Å². The van der Waals surface area contributed by atoms with Crippen LogP contribution in [-0.2, 0) is 0 Å². The Balaban J connectivity index is 1.13. The van der Waals surface area contributed by atoms with Crippen molar-refractivity contribution < 1.29 is 0 Å². The first-order valence-corrected chi connectivity index (χ1v) is 22.0. The third-order valence-electron chi connectivity index (χ3n) is 13.1. The SMILES string of the molecule is c1ccc(-c2ccc(-c3ccccc3N(c3cccc(-c4cccc5c4ccc4ccccc45)c3)c3ccccc3-c3cccc4cccc(C5CCCCC5)c34)cc2)cc1. The van der Waals surface area contributed by atoms with Crippen LogP contribution in [0, 0.1) is 0 Å². The van der Waals surface area contributed by atoms with E-state index in [0.717, 1.165) is 17.1 Å². The summed E-state index contributed by atoms with van der Waals surface area (Å²) in [5.74, 6) is 0.580. The number of hydrogen-bond donors (Lipinski definition) is 0. The van der Waals surface area contributed by atoms with Crippen molar-refractivity contribution in [1.82, 2.24) is 0 Å². The van der Waals surface area contributed by atoms with Crippen LogP contribution in [0.2, 0.25) is 0 Å². The first-order valence-electron chi connectivity index (χ1n) is 22.0. The molecule has 0 spiro atoms. The molecule has 1 nitrogen and oxygen atoms in total. The van der Waals surface area contributed by atoms with Crippen molar-refractivity contribution in [2.75, 3.05) is 4.90 Å². The molecule has 0 aromatic heterocycles. The average molecular weight is 782 g/mol. The summed E-state index contributed by atoms with van der Waals surface area (Å²) >= 11 is 0. The van der Waals surface area contributed by atoms with Crippen LogP contribution in [0.5, 0.6) is 0 Å². The molecule has 1 aliphatic carbocycles. The van der Waals surface area contributed by atoms with Gasteiger partial charge in [-0.25, -0.2) is 0 Å². The van der Waals surface area contributed by atoms with Gasteiger partial charge in [-0.2, -0.15) is 0 Å². The largest absolute Gasteiger partial charge is 0.309 e. The molecule has 292 valence electrons. The van der Waals surface area contributed by atoms with Gasteiger partial charge in [-0.05, 0) is 114 Å². The monoisotopic (exact) mass is 781 g/mol. The Labute approximate surface area is 359 Å². The van der Waals surface area contributed by atoms with Gasteiger partial charge in [0.25, 0.3) is 0 Å². The molecule has 1 saturated carbocycles. The molecule has 0 radical (unpaired) electrons. The second kappa shape index (κ2) is 16.1. The Bertz CT molecular complexity index is 3170. The summed E-state index contributed by atoms with van der Waals surface area (Å²) in [6, 6.07) is 80.8. The van der Waals surface area contributed by atoms with Gasteiger partial charge in [-0.15, -0.1) is 0 Å². The van der Waals surface area contributed by atoms with Gasteiger partial charge >= 0.3 is 0 Å². The predicted octanol–water partition coefficient (Wildman–Crippen LogP) is 17.3. The molecule has 0 bridgehead atoms. The molecule has 0 amide bonds. The molecule has 61 heavy (non-hydrogen) atoms. The lowest BCUT2D eigenvalue weighted by Crippen LogP contribution is -2.13. The highest BCUT2D eigenvalue weighted by Crippen LogP contribution is 2.48. The predicted molar refractivity (Wildman–Crippen MR) is 261 cm³/mol. The molecule has 0 unspecified atom stereocenters. The van der Waals surface area contributed by atoms with Gasteiger partial charge in [-0.1, -0.05) is 213 Å². The van der Waals surface area contributed by atoms with Crippen LogP contribution >= 0.6 is 0 Å². The zero-order valence-electron chi connectivity index (χ0n) is 34.3. The second-order valence-electron chi connectivity index (χ2n) is 16.6. The maximum absolute atomic E-state index is 2.52. The van der Waals surface area contributed by atoms with Crippen LogP contribution in [0.1, 0.15) is 43.6 Å². The van der Waals surface area contributed by atoms with E-state index in [1.54, 1.807) is 0 Å². The normalized spacial score (nSPS) is 13.2. The van der Waals surface area contributed by atoms with Crippen LogP contribution in [0.15, 0.2) is 218 Å². The van der Waals surface area contributed by atoms with E-state index in [1.807, 2.05) is 0 Å². The molecule has 0 N–H and O–H groups in total. The van der Waals surface area contributed by atoms with Crippen molar-refractivity contribution >= 4 is 49.4 Å². The lowest BCUT2D eigenvalue weighted by Gasteiger charge is -2.31.